The van der Waals surface area contributed by atoms with Crippen LogP contribution in [0.4, 0.5) is 0 Å². The summed E-state index contributed by atoms with van der Waals surface area (Å²) in [5, 5.41) is 7.85. The minimum atomic E-state index is 0.0368. The van der Waals surface area contributed by atoms with Crippen molar-refractivity contribution in [1.82, 2.24) is 20.1 Å². The van der Waals surface area contributed by atoms with E-state index in [-0.39, 0.29) is 17.7 Å². The van der Waals surface area contributed by atoms with Crippen molar-refractivity contribution < 1.29 is 4.79 Å². The zero-order chi connectivity index (χ0) is 17.2. The van der Waals surface area contributed by atoms with Gasteiger partial charge in [-0.1, -0.05) is 29.8 Å². The van der Waals surface area contributed by atoms with Crippen LogP contribution in [0, 0.1) is 5.92 Å². The van der Waals surface area contributed by atoms with Crippen LogP contribution in [0.3, 0.4) is 0 Å². The van der Waals surface area contributed by atoms with E-state index in [0.29, 0.717) is 11.6 Å². The summed E-state index contributed by atoms with van der Waals surface area (Å²) in [7, 11) is 0. The molecule has 25 heavy (non-hydrogen) atoms. The molecule has 0 radical (unpaired) electrons. The van der Waals surface area contributed by atoms with E-state index in [1.807, 2.05) is 48.7 Å². The molecule has 1 aromatic carbocycles. The van der Waals surface area contributed by atoms with Gasteiger partial charge in [0, 0.05) is 36.1 Å². The summed E-state index contributed by atoms with van der Waals surface area (Å²) in [6.07, 6.45) is 6.19. The second kappa shape index (κ2) is 6.69. The number of hydrogen-bond donors (Lipinski definition) is 1. The van der Waals surface area contributed by atoms with E-state index in [1.165, 1.54) is 0 Å². The van der Waals surface area contributed by atoms with Gasteiger partial charge in [-0.25, -0.2) is 9.67 Å². The number of benzene rings is 1. The number of carbonyl (C=O) groups is 1. The number of amides is 1. The fourth-order valence-corrected chi connectivity index (χ4v) is 3.17. The third kappa shape index (κ3) is 3.56. The van der Waals surface area contributed by atoms with Gasteiger partial charge in [0.25, 0.3) is 0 Å². The predicted molar refractivity (Wildman–Crippen MR) is 95.5 cm³/mol. The van der Waals surface area contributed by atoms with E-state index >= 15 is 0 Å². The van der Waals surface area contributed by atoms with E-state index < -0.39 is 0 Å². The minimum Gasteiger partial charge on any atom is -0.352 e. The monoisotopic (exact) mass is 352 g/mol. The Bertz CT molecular complexity index is 877. The summed E-state index contributed by atoms with van der Waals surface area (Å²) in [5.41, 5.74) is 2.10. The van der Waals surface area contributed by atoms with Crippen LogP contribution in [0.25, 0.3) is 5.82 Å². The van der Waals surface area contributed by atoms with Crippen molar-refractivity contribution in [3.8, 4) is 5.82 Å². The largest absolute Gasteiger partial charge is 0.352 e. The van der Waals surface area contributed by atoms with Crippen LogP contribution >= 0.6 is 11.6 Å². The smallest absolute Gasteiger partial charge is 0.224 e. The molecule has 2 atom stereocenters. The Labute approximate surface area is 150 Å². The third-order valence-corrected chi connectivity index (χ3v) is 4.65. The van der Waals surface area contributed by atoms with Gasteiger partial charge in [0.15, 0.2) is 5.82 Å². The molecule has 1 aliphatic carbocycles. The molecular weight excluding hydrogens is 336 g/mol. The van der Waals surface area contributed by atoms with Crippen LogP contribution in [-0.4, -0.2) is 20.7 Å². The van der Waals surface area contributed by atoms with E-state index in [0.717, 1.165) is 23.4 Å². The highest BCUT2D eigenvalue weighted by Gasteiger charge is 2.43. The fraction of sp³-hybridized carbons (Fsp3) is 0.211. The molecule has 1 fully saturated rings. The first-order valence-corrected chi connectivity index (χ1v) is 8.56. The first kappa shape index (κ1) is 15.8. The van der Waals surface area contributed by atoms with Gasteiger partial charge in [0.2, 0.25) is 5.91 Å². The van der Waals surface area contributed by atoms with Crippen molar-refractivity contribution in [3.63, 3.8) is 0 Å². The van der Waals surface area contributed by atoms with E-state index in [2.05, 4.69) is 15.4 Å². The number of pyridine rings is 1. The average Bonchev–Trinajstić information content (AvgIpc) is 3.25. The average molecular weight is 353 g/mol. The summed E-state index contributed by atoms with van der Waals surface area (Å²) in [6, 6.07) is 13.4. The maximum absolute atomic E-state index is 12.3. The van der Waals surface area contributed by atoms with E-state index in [1.54, 1.807) is 17.1 Å². The molecule has 6 heteroatoms. The molecule has 0 saturated heterocycles. The van der Waals surface area contributed by atoms with Gasteiger partial charge in [-0.05, 0) is 47.7 Å². The van der Waals surface area contributed by atoms with Crippen LogP contribution < -0.4 is 5.32 Å². The van der Waals surface area contributed by atoms with Crippen LogP contribution in [0.1, 0.15) is 23.5 Å². The van der Waals surface area contributed by atoms with Gasteiger partial charge in [-0.3, -0.25) is 4.79 Å². The van der Waals surface area contributed by atoms with Gasteiger partial charge in [-0.2, -0.15) is 5.10 Å². The standard InChI is InChI=1S/C19H17ClN4O/c20-15-4-1-3-14(9-15)16-10-17(16)19(25)22-12-13-5-6-18(21-11-13)24-8-2-7-23-24/h1-9,11,16-17H,10,12H2,(H,22,25)/t16-,17+/m0/s1. The number of rotatable bonds is 5. The number of nitrogens with one attached hydrogen (secondary N) is 1. The number of nitrogens with zero attached hydrogens (tertiary/aromatic N) is 3. The number of hydrogen-bond acceptors (Lipinski definition) is 3. The molecule has 0 spiro atoms. The molecule has 1 aliphatic rings. The maximum atomic E-state index is 12.3. The lowest BCUT2D eigenvalue weighted by Crippen LogP contribution is -2.25. The van der Waals surface area contributed by atoms with Crippen molar-refractivity contribution in [3.05, 3.63) is 77.2 Å². The Kier molecular flexibility index (Phi) is 4.24. The van der Waals surface area contributed by atoms with Crippen LogP contribution in [0.15, 0.2) is 61.1 Å². The number of aromatic nitrogens is 3. The summed E-state index contributed by atoms with van der Waals surface area (Å²) in [5.74, 6) is 1.15. The summed E-state index contributed by atoms with van der Waals surface area (Å²) in [4.78, 5) is 16.7. The van der Waals surface area contributed by atoms with Crippen LogP contribution in [0.5, 0.6) is 0 Å². The topological polar surface area (TPSA) is 59.8 Å². The number of carbonyl (C=O) groups excluding carboxylic acids is 1. The van der Waals surface area contributed by atoms with Crippen molar-refractivity contribution in [1.29, 1.82) is 0 Å². The SMILES string of the molecule is O=C(NCc1ccc(-n2cccn2)nc1)[C@@H]1C[C@H]1c1cccc(Cl)c1. The molecule has 0 aliphatic heterocycles. The highest BCUT2D eigenvalue weighted by atomic mass is 35.5. The van der Waals surface area contributed by atoms with Gasteiger partial charge >= 0.3 is 0 Å². The highest BCUT2D eigenvalue weighted by Crippen LogP contribution is 2.47. The van der Waals surface area contributed by atoms with E-state index in [4.69, 9.17) is 11.6 Å². The Morgan fingerprint density at radius 2 is 2.20 bits per heavy atom. The first-order chi connectivity index (χ1) is 12.2. The fourth-order valence-electron chi connectivity index (χ4n) is 2.97. The summed E-state index contributed by atoms with van der Waals surface area (Å²) >= 11 is 6.02. The molecular formula is C19H17ClN4O. The molecule has 4 rings (SSSR count). The zero-order valence-electron chi connectivity index (χ0n) is 13.5. The molecule has 0 unspecified atom stereocenters. The Morgan fingerprint density at radius 1 is 1.28 bits per heavy atom. The van der Waals surface area contributed by atoms with Gasteiger partial charge in [0.05, 0.1) is 0 Å². The van der Waals surface area contributed by atoms with E-state index in [9.17, 15) is 4.79 Å². The maximum Gasteiger partial charge on any atom is 0.224 e. The molecule has 126 valence electrons. The Morgan fingerprint density at radius 3 is 2.92 bits per heavy atom. The summed E-state index contributed by atoms with van der Waals surface area (Å²) < 4.78 is 1.70. The molecule has 1 N–H and O–H groups in total. The lowest BCUT2D eigenvalue weighted by molar-refractivity contribution is -0.122. The third-order valence-electron chi connectivity index (χ3n) is 4.42. The van der Waals surface area contributed by atoms with Crippen molar-refractivity contribution in [2.24, 2.45) is 5.92 Å². The van der Waals surface area contributed by atoms with Crippen LogP contribution in [-0.2, 0) is 11.3 Å². The lowest BCUT2D eigenvalue weighted by atomic mass is 10.1. The first-order valence-electron chi connectivity index (χ1n) is 8.19. The Balaban J connectivity index is 1.32. The molecule has 1 saturated carbocycles. The normalized spacial score (nSPS) is 18.8. The van der Waals surface area contributed by atoms with Gasteiger partial charge in [-0.15, -0.1) is 0 Å². The molecule has 2 heterocycles. The van der Waals surface area contributed by atoms with Crippen molar-refractivity contribution >= 4 is 17.5 Å². The van der Waals surface area contributed by atoms with Crippen LogP contribution in [0.2, 0.25) is 5.02 Å². The molecule has 1 amide bonds. The van der Waals surface area contributed by atoms with Crippen molar-refractivity contribution in [2.75, 3.05) is 0 Å². The molecule has 5 nitrogen and oxygen atoms in total. The predicted octanol–water partition coefficient (Wildman–Crippen LogP) is 3.34. The molecule has 0 bridgehead atoms. The van der Waals surface area contributed by atoms with Crippen molar-refractivity contribution in [2.45, 2.75) is 18.9 Å². The second-order valence-electron chi connectivity index (χ2n) is 6.20. The Hall–Kier alpha value is -2.66. The van der Waals surface area contributed by atoms with Gasteiger partial charge < -0.3 is 5.32 Å². The highest BCUT2D eigenvalue weighted by molar-refractivity contribution is 6.30. The molecule has 3 aromatic rings. The minimum absolute atomic E-state index is 0.0368. The summed E-state index contributed by atoms with van der Waals surface area (Å²) in [6.45, 7) is 0.476. The molecule has 2 aromatic heterocycles. The quantitative estimate of drug-likeness (QED) is 0.766. The number of halogens is 1. The second-order valence-corrected chi connectivity index (χ2v) is 6.63. The lowest BCUT2D eigenvalue weighted by Gasteiger charge is -2.06. The zero-order valence-corrected chi connectivity index (χ0v) is 14.2. The van der Waals surface area contributed by atoms with Gasteiger partial charge in [0.1, 0.15) is 0 Å².